The molecule has 0 saturated heterocycles. The standard InChI is InChI=1S/C43H79O10P/c1-3-5-7-9-11-13-15-17-19-20-21-23-24-26-28-30-32-34-42(46)50-38-41(39-52-54(48,49)51-37-40(45)36-44)53-43(47)35-33-31-29-27-25-22-18-16-14-12-10-8-6-4-2/h16,18,21,23,26,28,40-41,44-45H,3-15,17,19-20,22,24-25,27,29-39H2,1-2H3,(H,48,49)/b18-16+,23-21+,28-26+/t40-,41+/m0/s1. The normalized spacial score (nSPS) is 14.2. The average Bonchev–Trinajstić information content (AvgIpc) is 3.16. The molecule has 0 fully saturated rings. The van der Waals surface area contributed by atoms with Crippen LogP contribution in [-0.2, 0) is 32.7 Å². The first-order chi connectivity index (χ1) is 26.2. The number of carbonyl (C=O) groups excluding carboxylic acids is 2. The molecule has 0 rings (SSSR count). The SMILES string of the molecule is CCCCCCC/C=C/CCCCCCCC(=O)O[C@H](COC(=O)CCC/C=C/C/C=C/CCCCCCCCCCC)COP(=O)(O)OC[C@@H](O)CO. The molecule has 54 heavy (non-hydrogen) atoms. The van der Waals surface area contributed by atoms with Gasteiger partial charge in [-0.15, -0.1) is 0 Å². The fourth-order valence-electron chi connectivity index (χ4n) is 5.67. The van der Waals surface area contributed by atoms with Crippen LogP contribution in [0.5, 0.6) is 0 Å². The highest BCUT2D eigenvalue weighted by atomic mass is 31.2. The number of allylic oxidation sites excluding steroid dienone is 6. The van der Waals surface area contributed by atoms with Crippen molar-refractivity contribution < 1.29 is 47.8 Å². The zero-order valence-corrected chi connectivity index (χ0v) is 35.1. The topological polar surface area (TPSA) is 149 Å². The molecule has 0 radical (unpaired) electrons. The summed E-state index contributed by atoms with van der Waals surface area (Å²) in [7, 11) is -4.63. The molecule has 3 atom stereocenters. The maximum atomic E-state index is 12.6. The molecule has 0 aliphatic rings. The highest BCUT2D eigenvalue weighted by Gasteiger charge is 2.27. The molecule has 11 heteroatoms. The zero-order chi connectivity index (χ0) is 39.8. The predicted octanol–water partition coefficient (Wildman–Crippen LogP) is 11.2. The summed E-state index contributed by atoms with van der Waals surface area (Å²) in [6.45, 7) is 2.31. The molecule has 0 bridgehead atoms. The van der Waals surface area contributed by atoms with Gasteiger partial charge < -0.3 is 24.6 Å². The first-order valence-electron chi connectivity index (χ1n) is 21.4. The number of rotatable bonds is 40. The van der Waals surface area contributed by atoms with Gasteiger partial charge in [-0.3, -0.25) is 18.6 Å². The lowest BCUT2D eigenvalue weighted by Crippen LogP contribution is -2.29. The highest BCUT2D eigenvalue weighted by molar-refractivity contribution is 7.47. The average molecular weight is 787 g/mol. The Labute approximate surface area is 329 Å². The lowest BCUT2D eigenvalue weighted by Gasteiger charge is -2.20. The fraction of sp³-hybridized carbons (Fsp3) is 0.814. The molecule has 316 valence electrons. The molecule has 0 aromatic heterocycles. The molecule has 0 aliphatic carbocycles. The van der Waals surface area contributed by atoms with Crippen LogP contribution in [0.15, 0.2) is 36.5 Å². The number of aliphatic hydroxyl groups excluding tert-OH is 2. The van der Waals surface area contributed by atoms with Crippen LogP contribution in [0.4, 0.5) is 0 Å². The molecule has 0 aromatic carbocycles. The van der Waals surface area contributed by atoms with E-state index in [1.165, 1.54) is 89.9 Å². The van der Waals surface area contributed by atoms with E-state index < -0.39 is 51.8 Å². The third-order valence-corrected chi connectivity index (χ3v) is 9.97. The van der Waals surface area contributed by atoms with Crippen molar-refractivity contribution in [2.45, 2.75) is 199 Å². The van der Waals surface area contributed by atoms with Crippen LogP contribution in [0.2, 0.25) is 0 Å². The minimum atomic E-state index is -4.63. The Morgan fingerprint density at radius 2 is 0.981 bits per heavy atom. The maximum Gasteiger partial charge on any atom is 0.472 e. The summed E-state index contributed by atoms with van der Waals surface area (Å²) in [5.41, 5.74) is 0. The largest absolute Gasteiger partial charge is 0.472 e. The van der Waals surface area contributed by atoms with Gasteiger partial charge in [0.2, 0.25) is 0 Å². The Bertz CT molecular complexity index is 999. The van der Waals surface area contributed by atoms with E-state index in [2.05, 4.69) is 54.8 Å². The Hall–Kier alpha value is -1.81. The van der Waals surface area contributed by atoms with Gasteiger partial charge in [0.25, 0.3) is 0 Å². The fourth-order valence-corrected chi connectivity index (χ4v) is 6.46. The number of unbranched alkanes of at least 4 members (excludes halogenated alkanes) is 20. The zero-order valence-electron chi connectivity index (χ0n) is 34.2. The van der Waals surface area contributed by atoms with Crippen molar-refractivity contribution in [2.75, 3.05) is 26.4 Å². The predicted molar refractivity (Wildman–Crippen MR) is 219 cm³/mol. The number of carbonyl (C=O) groups is 2. The number of ether oxygens (including phenoxy) is 2. The van der Waals surface area contributed by atoms with Crippen LogP contribution in [0.3, 0.4) is 0 Å². The molecule has 0 saturated carbocycles. The second kappa shape index (κ2) is 39.4. The maximum absolute atomic E-state index is 12.6. The number of hydrogen-bond acceptors (Lipinski definition) is 9. The quantitative estimate of drug-likeness (QED) is 0.0237. The minimum Gasteiger partial charge on any atom is -0.462 e. The van der Waals surface area contributed by atoms with Gasteiger partial charge in [0.15, 0.2) is 6.10 Å². The van der Waals surface area contributed by atoms with Crippen molar-refractivity contribution in [1.82, 2.24) is 0 Å². The van der Waals surface area contributed by atoms with Gasteiger partial charge in [-0.05, 0) is 64.2 Å². The van der Waals surface area contributed by atoms with Crippen molar-refractivity contribution >= 4 is 19.8 Å². The summed E-state index contributed by atoms with van der Waals surface area (Å²) >= 11 is 0. The van der Waals surface area contributed by atoms with Gasteiger partial charge >= 0.3 is 19.8 Å². The second-order valence-electron chi connectivity index (χ2n) is 14.4. The van der Waals surface area contributed by atoms with E-state index in [1.807, 2.05) is 0 Å². The summed E-state index contributed by atoms with van der Waals surface area (Å²) in [6.07, 6.45) is 39.8. The minimum absolute atomic E-state index is 0.166. The first-order valence-corrected chi connectivity index (χ1v) is 22.9. The Morgan fingerprint density at radius 3 is 1.50 bits per heavy atom. The van der Waals surface area contributed by atoms with Crippen LogP contribution < -0.4 is 0 Å². The summed E-state index contributed by atoms with van der Waals surface area (Å²) in [5.74, 6) is -0.986. The van der Waals surface area contributed by atoms with Gasteiger partial charge in [0, 0.05) is 12.8 Å². The summed E-state index contributed by atoms with van der Waals surface area (Å²) in [6, 6.07) is 0. The molecule has 0 amide bonds. The molecule has 10 nitrogen and oxygen atoms in total. The van der Waals surface area contributed by atoms with Crippen molar-refractivity contribution in [3.05, 3.63) is 36.5 Å². The molecule has 1 unspecified atom stereocenters. The number of phosphoric acid groups is 1. The van der Waals surface area contributed by atoms with E-state index in [9.17, 15) is 24.2 Å². The van der Waals surface area contributed by atoms with Crippen molar-refractivity contribution in [2.24, 2.45) is 0 Å². The van der Waals surface area contributed by atoms with Gasteiger partial charge in [-0.1, -0.05) is 147 Å². The third-order valence-electron chi connectivity index (χ3n) is 9.02. The van der Waals surface area contributed by atoms with Crippen molar-refractivity contribution in [3.63, 3.8) is 0 Å². The van der Waals surface area contributed by atoms with E-state index in [-0.39, 0.29) is 19.4 Å². The number of aliphatic hydroxyl groups is 2. The lowest BCUT2D eigenvalue weighted by atomic mass is 10.1. The van der Waals surface area contributed by atoms with Crippen molar-refractivity contribution in [1.29, 1.82) is 0 Å². The van der Waals surface area contributed by atoms with E-state index in [0.717, 1.165) is 57.8 Å². The van der Waals surface area contributed by atoms with Gasteiger partial charge in [0.05, 0.1) is 19.8 Å². The van der Waals surface area contributed by atoms with Crippen LogP contribution in [-0.4, -0.2) is 65.7 Å². The Balaban J connectivity index is 4.37. The van der Waals surface area contributed by atoms with Crippen LogP contribution in [0, 0.1) is 0 Å². The molecule has 0 aliphatic heterocycles. The molecule has 0 spiro atoms. The molecule has 0 heterocycles. The van der Waals surface area contributed by atoms with E-state index >= 15 is 0 Å². The summed E-state index contributed by atoms with van der Waals surface area (Å²) in [4.78, 5) is 34.9. The Kier molecular flexibility index (Phi) is 38.1. The monoisotopic (exact) mass is 787 g/mol. The van der Waals surface area contributed by atoms with Crippen LogP contribution in [0.1, 0.15) is 187 Å². The van der Waals surface area contributed by atoms with E-state index in [1.54, 1.807) is 0 Å². The molecular formula is C43H79O10P. The smallest absolute Gasteiger partial charge is 0.462 e. The van der Waals surface area contributed by atoms with E-state index in [4.69, 9.17) is 19.1 Å². The number of hydrogen-bond donors (Lipinski definition) is 3. The highest BCUT2D eigenvalue weighted by Crippen LogP contribution is 2.43. The second-order valence-corrected chi connectivity index (χ2v) is 15.8. The van der Waals surface area contributed by atoms with Crippen molar-refractivity contribution in [3.8, 4) is 0 Å². The number of esters is 2. The number of phosphoric ester groups is 1. The molecule has 0 aromatic rings. The van der Waals surface area contributed by atoms with Crippen LogP contribution in [0.25, 0.3) is 0 Å². The van der Waals surface area contributed by atoms with Gasteiger partial charge in [-0.2, -0.15) is 0 Å². The summed E-state index contributed by atoms with van der Waals surface area (Å²) in [5, 5.41) is 18.3. The summed E-state index contributed by atoms with van der Waals surface area (Å²) < 4.78 is 32.6. The Morgan fingerprint density at radius 1 is 0.556 bits per heavy atom. The van der Waals surface area contributed by atoms with E-state index in [0.29, 0.717) is 12.8 Å². The van der Waals surface area contributed by atoms with Crippen LogP contribution >= 0.6 is 7.82 Å². The van der Waals surface area contributed by atoms with Gasteiger partial charge in [-0.25, -0.2) is 4.57 Å². The molecular weight excluding hydrogens is 707 g/mol. The third kappa shape index (κ3) is 38.5. The van der Waals surface area contributed by atoms with Gasteiger partial charge in [0.1, 0.15) is 12.7 Å². The lowest BCUT2D eigenvalue weighted by molar-refractivity contribution is -0.161. The molecule has 3 N–H and O–H groups in total. The first kappa shape index (κ1) is 52.2.